The number of carbonyl (C=O) groups is 1. The molecule has 5 nitrogen and oxygen atoms in total. The Hall–Kier alpha value is -1.62. The third-order valence-electron chi connectivity index (χ3n) is 3.64. The molecule has 0 saturated heterocycles. The first-order valence-corrected chi connectivity index (χ1v) is 8.01. The molecule has 0 saturated carbocycles. The maximum absolute atomic E-state index is 12.4. The van der Waals surface area contributed by atoms with Crippen LogP contribution in [0.1, 0.15) is 52.5 Å². The van der Waals surface area contributed by atoms with Crippen LogP contribution in [0, 0.1) is 6.92 Å². The molecule has 0 radical (unpaired) electrons. The molecule has 0 bridgehead atoms. The SMILES string of the molecule is CCCCOc1ncc(NC(=O)[C@@](C)(CC)OCC)cc1C. The van der Waals surface area contributed by atoms with E-state index in [-0.39, 0.29) is 5.91 Å². The number of amides is 1. The number of nitrogens with one attached hydrogen (secondary N) is 1. The van der Waals surface area contributed by atoms with Crippen molar-refractivity contribution in [2.75, 3.05) is 18.5 Å². The molecule has 1 aromatic heterocycles. The van der Waals surface area contributed by atoms with Gasteiger partial charge in [0.15, 0.2) is 0 Å². The zero-order chi connectivity index (χ0) is 16.6. The van der Waals surface area contributed by atoms with Crippen molar-refractivity contribution in [1.29, 1.82) is 0 Å². The average Bonchev–Trinajstić information content (AvgIpc) is 2.49. The topological polar surface area (TPSA) is 60.5 Å². The molecule has 1 atom stereocenters. The third kappa shape index (κ3) is 4.98. The summed E-state index contributed by atoms with van der Waals surface area (Å²) in [5.41, 5.74) is 0.743. The molecule has 0 aromatic carbocycles. The Labute approximate surface area is 133 Å². The molecule has 5 heteroatoms. The van der Waals surface area contributed by atoms with Crippen LogP contribution in [0.3, 0.4) is 0 Å². The predicted octanol–water partition coefficient (Wildman–Crippen LogP) is 3.71. The summed E-state index contributed by atoms with van der Waals surface area (Å²) >= 11 is 0. The maximum Gasteiger partial charge on any atom is 0.256 e. The van der Waals surface area contributed by atoms with E-state index in [2.05, 4.69) is 17.2 Å². The highest BCUT2D eigenvalue weighted by Crippen LogP contribution is 2.22. The van der Waals surface area contributed by atoms with Crippen molar-refractivity contribution >= 4 is 11.6 Å². The van der Waals surface area contributed by atoms with Crippen molar-refractivity contribution in [1.82, 2.24) is 4.98 Å². The zero-order valence-corrected chi connectivity index (χ0v) is 14.4. The van der Waals surface area contributed by atoms with Gasteiger partial charge in [0.1, 0.15) is 5.60 Å². The predicted molar refractivity (Wildman–Crippen MR) is 88.3 cm³/mol. The van der Waals surface area contributed by atoms with Gasteiger partial charge in [-0.3, -0.25) is 4.79 Å². The van der Waals surface area contributed by atoms with Crippen molar-refractivity contribution < 1.29 is 14.3 Å². The molecular weight excluding hydrogens is 280 g/mol. The fourth-order valence-corrected chi connectivity index (χ4v) is 2.00. The Morgan fingerprint density at radius 2 is 2.09 bits per heavy atom. The summed E-state index contributed by atoms with van der Waals surface area (Å²) in [5, 5.41) is 2.87. The fourth-order valence-electron chi connectivity index (χ4n) is 2.00. The molecule has 0 aliphatic heterocycles. The number of aryl methyl sites for hydroxylation is 1. The Bertz CT molecular complexity index is 491. The van der Waals surface area contributed by atoms with Crippen molar-refractivity contribution in [3.63, 3.8) is 0 Å². The van der Waals surface area contributed by atoms with E-state index >= 15 is 0 Å². The van der Waals surface area contributed by atoms with E-state index in [0.29, 0.717) is 31.2 Å². The first kappa shape index (κ1) is 18.4. The van der Waals surface area contributed by atoms with Crippen LogP contribution in [0.15, 0.2) is 12.3 Å². The Morgan fingerprint density at radius 3 is 2.64 bits per heavy atom. The van der Waals surface area contributed by atoms with Crippen molar-refractivity contribution in [2.45, 2.75) is 59.5 Å². The standard InChI is InChI=1S/C17H28N2O3/c1-6-9-10-21-15-13(4)11-14(12-18-15)19-16(20)17(5,7-2)22-8-3/h11-12H,6-10H2,1-5H3,(H,19,20)/t17-/m1/s1. The van der Waals surface area contributed by atoms with Gasteiger partial charge in [-0.05, 0) is 39.7 Å². The van der Waals surface area contributed by atoms with Crippen LogP contribution in [0.5, 0.6) is 5.88 Å². The molecule has 0 fully saturated rings. The largest absolute Gasteiger partial charge is 0.477 e. The van der Waals surface area contributed by atoms with E-state index in [4.69, 9.17) is 9.47 Å². The zero-order valence-electron chi connectivity index (χ0n) is 14.4. The molecule has 0 aliphatic rings. The van der Waals surface area contributed by atoms with Crippen LogP contribution in [0.2, 0.25) is 0 Å². The average molecular weight is 308 g/mol. The number of hydrogen-bond donors (Lipinski definition) is 1. The van der Waals surface area contributed by atoms with Crippen molar-refractivity contribution in [3.8, 4) is 5.88 Å². The second-order valence-electron chi connectivity index (χ2n) is 5.52. The maximum atomic E-state index is 12.4. The van der Waals surface area contributed by atoms with Gasteiger partial charge in [-0.25, -0.2) is 4.98 Å². The van der Waals surface area contributed by atoms with Crippen LogP contribution in [-0.4, -0.2) is 29.7 Å². The minimum atomic E-state index is -0.820. The number of pyridine rings is 1. The Balaban J connectivity index is 2.74. The Kier molecular flexibility index (Phi) is 7.32. The van der Waals surface area contributed by atoms with Crippen LogP contribution in [0.25, 0.3) is 0 Å². The monoisotopic (exact) mass is 308 g/mol. The highest BCUT2D eigenvalue weighted by Gasteiger charge is 2.31. The van der Waals surface area contributed by atoms with Crippen LogP contribution >= 0.6 is 0 Å². The minimum absolute atomic E-state index is 0.155. The quantitative estimate of drug-likeness (QED) is 0.706. The summed E-state index contributed by atoms with van der Waals surface area (Å²) in [6.45, 7) is 10.8. The second-order valence-corrected chi connectivity index (χ2v) is 5.52. The summed E-state index contributed by atoms with van der Waals surface area (Å²) in [4.78, 5) is 16.6. The number of nitrogens with zero attached hydrogens (tertiary/aromatic N) is 1. The van der Waals surface area contributed by atoms with Gasteiger partial charge in [0, 0.05) is 12.2 Å². The van der Waals surface area contributed by atoms with E-state index in [1.54, 1.807) is 13.1 Å². The van der Waals surface area contributed by atoms with E-state index < -0.39 is 5.60 Å². The lowest BCUT2D eigenvalue weighted by Crippen LogP contribution is -2.42. The van der Waals surface area contributed by atoms with Gasteiger partial charge in [-0.15, -0.1) is 0 Å². The molecule has 1 aromatic rings. The van der Waals surface area contributed by atoms with Gasteiger partial charge < -0.3 is 14.8 Å². The molecule has 124 valence electrons. The Morgan fingerprint density at radius 1 is 1.36 bits per heavy atom. The molecule has 0 spiro atoms. The molecule has 1 rings (SSSR count). The van der Waals surface area contributed by atoms with Gasteiger partial charge >= 0.3 is 0 Å². The first-order valence-electron chi connectivity index (χ1n) is 8.01. The molecule has 1 heterocycles. The summed E-state index contributed by atoms with van der Waals surface area (Å²) in [7, 11) is 0. The highest BCUT2D eigenvalue weighted by molar-refractivity contribution is 5.97. The molecule has 0 aliphatic carbocycles. The smallest absolute Gasteiger partial charge is 0.256 e. The molecule has 1 amide bonds. The van der Waals surface area contributed by atoms with Crippen molar-refractivity contribution in [3.05, 3.63) is 17.8 Å². The summed E-state index contributed by atoms with van der Waals surface area (Å²) in [5.74, 6) is 0.465. The lowest BCUT2D eigenvalue weighted by molar-refractivity contribution is -0.139. The van der Waals surface area contributed by atoms with Crippen LogP contribution in [0.4, 0.5) is 5.69 Å². The first-order chi connectivity index (χ1) is 10.5. The van der Waals surface area contributed by atoms with E-state index in [1.807, 2.05) is 26.8 Å². The van der Waals surface area contributed by atoms with Crippen LogP contribution in [-0.2, 0) is 9.53 Å². The third-order valence-corrected chi connectivity index (χ3v) is 3.64. The second kappa shape index (κ2) is 8.73. The van der Waals surface area contributed by atoms with Crippen LogP contribution < -0.4 is 10.1 Å². The van der Waals surface area contributed by atoms with Crippen molar-refractivity contribution in [2.24, 2.45) is 0 Å². The van der Waals surface area contributed by atoms with Gasteiger partial charge in [-0.2, -0.15) is 0 Å². The lowest BCUT2D eigenvalue weighted by Gasteiger charge is -2.26. The van der Waals surface area contributed by atoms with Gasteiger partial charge in [0.05, 0.1) is 18.5 Å². The molecule has 22 heavy (non-hydrogen) atoms. The summed E-state index contributed by atoms with van der Waals surface area (Å²) in [6.07, 6.45) is 4.31. The van der Waals surface area contributed by atoms with E-state index in [0.717, 1.165) is 18.4 Å². The lowest BCUT2D eigenvalue weighted by atomic mass is 10.0. The number of hydrogen-bond acceptors (Lipinski definition) is 4. The minimum Gasteiger partial charge on any atom is -0.477 e. The van der Waals surface area contributed by atoms with Gasteiger partial charge in [-0.1, -0.05) is 20.3 Å². The highest BCUT2D eigenvalue weighted by atomic mass is 16.5. The number of rotatable bonds is 9. The van der Waals surface area contributed by atoms with Gasteiger partial charge in [0.2, 0.25) is 5.88 Å². The summed E-state index contributed by atoms with van der Waals surface area (Å²) in [6, 6.07) is 1.87. The number of ether oxygens (including phenoxy) is 2. The summed E-state index contributed by atoms with van der Waals surface area (Å²) < 4.78 is 11.2. The molecule has 0 unspecified atom stereocenters. The van der Waals surface area contributed by atoms with Gasteiger partial charge in [0.25, 0.3) is 5.91 Å². The normalized spacial score (nSPS) is 13.5. The van der Waals surface area contributed by atoms with E-state index in [9.17, 15) is 4.79 Å². The van der Waals surface area contributed by atoms with E-state index in [1.165, 1.54) is 0 Å². The fraction of sp³-hybridized carbons (Fsp3) is 0.647. The molecular formula is C17H28N2O3. The number of anilines is 1. The number of unbranched alkanes of at least 4 members (excludes halogenated alkanes) is 1. The number of carbonyl (C=O) groups excluding carboxylic acids is 1. The number of aromatic nitrogens is 1. The molecule has 1 N–H and O–H groups in total.